The van der Waals surface area contributed by atoms with Gasteiger partial charge in [0.05, 0.1) is 12.7 Å². The molecule has 0 spiro atoms. The molecule has 0 aromatic heterocycles. The molecule has 17 heavy (non-hydrogen) atoms. The molecule has 5 atom stereocenters. The largest absolute Gasteiger partial charge is 0.378 e. The van der Waals surface area contributed by atoms with Gasteiger partial charge >= 0.3 is 0 Å². The molecule has 2 bridgehead atoms. The molecule has 2 saturated carbocycles. The average molecular weight is 232 g/mol. The number of hydrogen-bond acceptors (Lipinski definition) is 1. The van der Waals surface area contributed by atoms with Crippen LogP contribution in [0.3, 0.4) is 0 Å². The minimum atomic E-state index is 0.575. The van der Waals surface area contributed by atoms with Gasteiger partial charge in [0.2, 0.25) is 0 Å². The van der Waals surface area contributed by atoms with Gasteiger partial charge in [0.25, 0.3) is 0 Å². The average Bonchev–Trinajstić information content (AvgIpc) is 3.00. The molecule has 94 valence electrons. The molecule has 1 heteroatoms. The first-order valence-electron chi connectivity index (χ1n) is 7.19. The Kier molecular flexibility index (Phi) is 3.12. The summed E-state index contributed by atoms with van der Waals surface area (Å²) in [5.41, 5.74) is 1.45. The lowest BCUT2D eigenvalue weighted by Gasteiger charge is -2.31. The van der Waals surface area contributed by atoms with Crippen molar-refractivity contribution in [3.63, 3.8) is 0 Å². The van der Waals surface area contributed by atoms with Crippen LogP contribution < -0.4 is 0 Å². The Hall–Kier alpha value is -0.560. The van der Waals surface area contributed by atoms with Crippen molar-refractivity contribution in [1.29, 1.82) is 0 Å². The topological polar surface area (TPSA) is 9.23 Å². The van der Waals surface area contributed by atoms with Crippen molar-refractivity contribution in [1.82, 2.24) is 0 Å². The van der Waals surface area contributed by atoms with E-state index < -0.39 is 0 Å². The molecule has 3 rings (SSSR count). The van der Waals surface area contributed by atoms with Crippen molar-refractivity contribution in [3.8, 4) is 0 Å². The summed E-state index contributed by atoms with van der Waals surface area (Å²) in [6.07, 6.45) is 12.8. The van der Waals surface area contributed by atoms with Gasteiger partial charge in [-0.05, 0) is 63.2 Å². The molecule has 3 aliphatic rings. The van der Waals surface area contributed by atoms with Gasteiger partial charge < -0.3 is 4.74 Å². The lowest BCUT2D eigenvalue weighted by molar-refractivity contribution is -0.00595. The van der Waals surface area contributed by atoms with Crippen LogP contribution in [-0.2, 0) is 4.74 Å². The lowest BCUT2D eigenvalue weighted by Crippen LogP contribution is -2.30. The highest BCUT2D eigenvalue weighted by molar-refractivity contribution is 5.14. The van der Waals surface area contributed by atoms with E-state index in [-0.39, 0.29) is 0 Å². The predicted octanol–water partition coefficient (Wildman–Crippen LogP) is 3.96. The molecular weight excluding hydrogens is 208 g/mol. The quantitative estimate of drug-likeness (QED) is 0.667. The SMILES string of the molecule is CC=C(C)CCOC1CC2CC1C1CC=CC21. The van der Waals surface area contributed by atoms with Crippen molar-refractivity contribution in [2.75, 3.05) is 6.61 Å². The molecule has 0 aromatic carbocycles. The van der Waals surface area contributed by atoms with Gasteiger partial charge in [-0.25, -0.2) is 0 Å². The molecule has 0 N–H and O–H groups in total. The predicted molar refractivity (Wildman–Crippen MR) is 70.7 cm³/mol. The van der Waals surface area contributed by atoms with Crippen LogP contribution in [0.2, 0.25) is 0 Å². The Balaban J connectivity index is 1.51. The minimum Gasteiger partial charge on any atom is -0.378 e. The van der Waals surface area contributed by atoms with Crippen molar-refractivity contribution in [2.45, 2.75) is 45.6 Å². The van der Waals surface area contributed by atoms with Crippen LogP contribution in [0.5, 0.6) is 0 Å². The van der Waals surface area contributed by atoms with Crippen LogP contribution in [0.25, 0.3) is 0 Å². The van der Waals surface area contributed by atoms with Crippen molar-refractivity contribution in [2.24, 2.45) is 23.7 Å². The second-order valence-corrected chi connectivity index (χ2v) is 6.09. The van der Waals surface area contributed by atoms with Gasteiger partial charge in [-0.3, -0.25) is 0 Å². The van der Waals surface area contributed by atoms with Crippen LogP contribution >= 0.6 is 0 Å². The molecule has 2 fully saturated rings. The molecule has 1 nitrogen and oxygen atoms in total. The third-order valence-corrected chi connectivity index (χ3v) is 5.26. The smallest absolute Gasteiger partial charge is 0.0609 e. The maximum Gasteiger partial charge on any atom is 0.0609 e. The van der Waals surface area contributed by atoms with Crippen molar-refractivity contribution < 1.29 is 4.74 Å². The Morgan fingerprint density at radius 3 is 3.06 bits per heavy atom. The fourth-order valence-electron chi connectivity index (χ4n) is 4.20. The third-order valence-electron chi connectivity index (χ3n) is 5.26. The van der Waals surface area contributed by atoms with Gasteiger partial charge in [0.15, 0.2) is 0 Å². The number of ether oxygens (including phenoxy) is 1. The molecule has 0 saturated heterocycles. The first-order valence-corrected chi connectivity index (χ1v) is 7.19. The second-order valence-electron chi connectivity index (χ2n) is 6.09. The molecule has 0 radical (unpaired) electrons. The van der Waals surface area contributed by atoms with Crippen LogP contribution in [0.4, 0.5) is 0 Å². The maximum absolute atomic E-state index is 6.15. The molecule has 5 unspecified atom stereocenters. The molecule has 0 heterocycles. The zero-order valence-corrected chi connectivity index (χ0v) is 11.1. The first kappa shape index (κ1) is 11.5. The summed E-state index contributed by atoms with van der Waals surface area (Å²) in [6.45, 7) is 5.23. The Morgan fingerprint density at radius 1 is 1.35 bits per heavy atom. The summed E-state index contributed by atoms with van der Waals surface area (Å²) < 4.78 is 6.15. The van der Waals surface area contributed by atoms with E-state index in [2.05, 4.69) is 32.1 Å². The van der Waals surface area contributed by atoms with E-state index >= 15 is 0 Å². The van der Waals surface area contributed by atoms with Gasteiger partial charge in [-0.15, -0.1) is 0 Å². The number of rotatable bonds is 4. The van der Waals surface area contributed by atoms with Gasteiger partial charge in [-0.1, -0.05) is 23.8 Å². The Bertz CT molecular complexity index is 341. The normalized spacial score (nSPS) is 43.4. The summed E-state index contributed by atoms with van der Waals surface area (Å²) in [7, 11) is 0. The fraction of sp³-hybridized carbons (Fsp3) is 0.750. The third kappa shape index (κ3) is 1.99. The van der Waals surface area contributed by atoms with E-state index in [1.54, 1.807) is 0 Å². The van der Waals surface area contributed by atoms with E-state index in [9.17, 15) is 0 Å². The van der Waals surface area contributed by atoms with E-state index in [0.29, 0.717) is 6.10 Å². The van der Waals surface area contributed by atoms with Gasteiger partial charge in [0, 0.05) is 0 Å². The highest BCUT2D eigenvalue weighted by atomic mass is 16.5. The van der Waals surface area contributed by atoms with Gasteiger partial charge in [0.1, 0.15) is 0 Å². The van der Waals surface area contributed by atoms with Crippen LogP contribution in [0.15, 0.2) is 23.8 Å². The summed E-state index contributed by atoms with van der Waals surface area (Å²) in [5.74, 6) is 3.65. The summed E-state index contributed by atoms with van der Waals surface area (Å²) in [5, 5.41) is 0. The van der Waals surface area contributed by atoms with E-state index in [4.69, 9.17) is 4.74 Å². The monoisotopic (exact) mass is 232 g/mol. The van der Waals surface area contributed by atoms with E-state index in [0.717, 1.165) is 36.7 Å². The first-order chi connectivity index (χ1) is 8.29. The van der Waals surface area contributed by atoms with Crippen LogP contribution in [0, 0.1) is 23.7 Å². The van der Waals surface area contributed by atoms with Crippen LogP contribution in [-0.4, -0.2) is 12.7 Å². The second kappa shape index (κ2) is 4.61. The standard InChI is InChI=1S/C16H24O/c1-3-11(2)7-8-17-16-10-12-9-15(16)14-6-4-5-13(12)14/h3-5,12-16H,6-10H2,1-2H3. The minimum absolute atomic E-state index is 0.575. The van der Waals surface area contributed by atoms with Crippen molar-refractivity contribution in [3.05, 3.63) is 23.8 Å². The molecule has 0 amide bonds. The number of hydrogen-bond donors (Lipinski definition) is 0. The molecule has 0 aromatic rings. The Morgan fingerprint density at radius 2 is 2.24 bits per heavy atom. The van der Waals surface area contributed by atoms with E-state index in [1.165, 1.54) is 24.8 Å². The number of fused-ring (bicyclic) bond motifs is 5. The highest BCUT2D eigenvalue weighted by Gasteiger charge is 2.52. The highest BCUT2D eigenvalue weighted by Crippen LogP contribution is 2.57. The summed E-state index contributed by atoms with van der Waals surface area (Å²) in [4.78, 5) is 0. The zero-order valence-electron chi connectivity index (χ0n) is 11.1. The van der Waals surface area contributed by atoms with Gasteiger partial charge in [-0.2, -0.15) is 0 Å². The maximum atomic E-state index is 6.15. The van der Waals surface area contributed by atoms with Crippen LogP contribution in [0.1, 0.15) is 39.5 Å². The zero-order chi connectivity index (χ0) is 11.8. The van der Waals surface area contributed by atoms with E-state index in [1.807, 2.05) is 0 Å². The molecular formula is C16H24O. The fourth-order valence-corrected chi connectivity index (χ4v) is 4.20. The Labute approximate surface area is 105 Å². The van der Waals surface area contributed by atoms with Crippen molar-refractivity contribution >= 4 is 0 Å². The molecule has 0 aliphatic heterocycles. The molecule has 3 aliphatic carbocycles. The lowest BCUT2D eigenvalue weighted by atomic mass is 9.80. The summed E-state index contributed by atoms with van der Waals surface area (Å²) in [6, 6.07) is 0. The number of allylic oxidation sites excluding steroid dienone is 3. The summed E-state index contributed by atoms with van der Waals surface area (Å²) >= 11 is 0.